The fourth-order valence-corrected chi connectivity index (χ4v) is 3.56. The van der Waals surface area contributed by atoms with Crippen molar-refractivity contribution in [1.82, 2.24) is 15.0 Å². The van der Waals surface area contributed by atoms with Gasteiger partial charge in [0.2, 0.25) is 17.7 Å². The number of aromatic amines is 1. The third kappa shape index (κ3) is 6.42. The lowest BCUT2D eigenvalue weighted by Crippen LogP contribution is -2.09. The molecule has 37 heavy (non-hydrogen) atoms. The number of hydrogen-bond acceptors (Lipinski definition) is 7. The quantitative estimate of drug-likeness (QED) is 0.171. The minimum absolute atomic E-state index is 0.147. The highest BCUT2D eigenvalue weighted by molar-refractivity contribution is 5.99. The number of aromatic nitrogens is 3. The Morgan fingerprint density at radius 1 is 1.14 bits per heavy atom. The van der Waals surface area contributed by atoms with E-state index in [9.17, 15) is 9.18 Å². The van der Waals surface area contributed by atoms with E-state index in [-0.39, 0.29) is 30.1 Å². The summed E-state index contributed by atoms with van der Waals surface area (Å²) in [5.41, 5.74) is 1.53. The summed E-state index contributed by atoms with van der Waals surface area (Å²) in [7, 11) is 0. The van der Waals surface area contributed by atoms with Gasteiger partial charge in [-0.25, -0.2) is 4.39 Å². The predicted octanol–water partition coefficient (Wildman–Crippen LogP) is 5.56. The van der Waals surface area contributed by atoms with Crippen LogP contribution in [0.3, 0.4) is 0 Å². The fourth-order valence-electron chi connectivity index (χ4n) is 3.56. The second-order valence-electron chi connectivity index (χ2n) is 8.55. The SMILES string of the molecule is C=CC(=O)Nc1cccc(Oc2nc(Nc3ccc(OCCOCC4CC4)c(F)c3)nc3[nH]ccc23)c1. The van der Waals surface area contributed by atoms with Crippen LogP contribution in [0.4, 0.5) is 21.7 Å². The van der Waals surface area contributed by atoms with Crippen molar-refractivity contribution in [3.63, 3.8) is 0 Å². The summed E-state index contributed by atoms with van der Waals surface area (Å²) in [5.74, 6) is 0.939. The summed E-state index contributed by atoms with van der Waals surface area (Å²) in [6, 6.07) is 13.2. The largest absolute Gasteiger partial charge is 0.488 e. The van der Waals surface area contributed by atoms with Crippen LogP contribution < -0.4 is 20.1 Å². The number of hydrogen-bond donors (Lipinski definition) is 3. The standard InChI is InChI=1S/C27H26FN5O4/c1-2-24(34)30-18-4-3-5-20(14-18)37-26-21-10-11-29-25(21)32-27(33-26)31-19-8-9-23(22(28)15-19)36-13-12-35-16-17-6-7-17/h2-5,8-11,14-15,17H,1,6-7,12-13,16H2,(H,30,34)(H2,29,31,32,33). The lowest BCUT2D eigenvalue weighted by atomic mass is 10.3. The Morgan fingerprint density at radius 2 is 2.03 bits per heavy atom. The van der Waals surface area contributed by atoms with Crippen molar-refractivity contribution in [1.29, 1.82) is 0 Å². The van der Waals surface area contributed by atoms with Crippen LogP contribution >= 0.6 is 0 Å². The molecular weight excluding hydrogens is 477 g/mol. The van der Waals surface area contributed by atoms with E-state index in [4.69, 9.17) is 14.2 Å². The first-order valence-electron chi connectivity index (χ1n) is 11.9. The topological polar surface area (TPSA) is 110 Å². The van der Waals surface area contributed by atoms with Crippen LogP contribution in [0.15, 0.2) is 67.4 Å². The number of fused-ring (bicyclic) bond motifs is 1. The molecule has 0 radical (unpaired) electrons. The molecule has 1 fully saturated rings. The first kappa shape index (κ1) is 24.3. The van der Waals surface area contributed by atoms with Gasteiger partial charge in [0, 0.05) is 36.3 Å². The number of amides is 1. The van der Waals surface area contributed by atoms with E-state index >= 15 is 0 Å². The molecule has 0 spiro atoms. The van der Waals surface area contributed by atoms with E-state index in [0.29, 0.717) is 40.7 Å². The minimum atomic E-state index is -0.511. The number of rotatable bonds is 12. The lowest BCUT2D eigenvalue weighted by Gasteiger charge is -2.12. The van der Waals surface area contributed by atoms with Gasteiger partial charge in [-0.15, -0.1) is 0 Å². The van der Waals surface area contributed by atoms with Crippen molar-refractivity contribution < 1.29 is 23.4 Å². The average Bonchev–Trinajstić information content (AvgIpc) is 3.59. The maximum Gasteiger partial charge on any atom is 0.247 e. The summed E-state index contributed by atoms with van der Waals surface area (Å²) in [6.07, 6.45) is 5.35. The molecule has 0 bridgehead atoms. The Labute approximate surface area is 212 Å². The number of halogens is 1. The highest BCUT2D eigenvalue weighted by Gasteiger charge is 2.21. The summed E-state index contributed by atoms with van der Waals surface area (Å²) in [6.45, 7) is 4.89. The predicted molar refractivity (Wildman–Crippen MR) is 138 cm³/mol. The van der Waals surface area contributed by atoms with Crippen molar-refractivity contribution in [3.05, 3.63) is 73.2 Å². The maximum absolute atomic E-state index is 14.6. The zero-order valence-corrected chi connectivity index (χ0v) is 20.0. The second kappa shape index (κ2) is 11.1. The molecule has 190 valence electrons. The molecular formula is C27H26FN5O4. The number of anilines is 3. The van der Waals surface area contributed by atoms with Crippen LogP contribution in [-0.4, -0.2) is 40.7 Å². The van der Waals surface area contributed by atoms with Gasteiger partial charge < -0.3 is 29.8 Å². The molecule has 0 atom stereocenters. The summed E-state index contributed by atoms with van der Waals surface area (Å²) in [5, 5.41) is 6.36. The molecule has 9 nitrogen and oxygen atoms in total. The van der Waals surface area contributed by atoms with Gasteiger partial charge in [-0.05, 0) is 55.2 Å². The fraction of sp³-hybridized carbons (Fsp3) is 0.222. The molecule has 4 aromatic rings. The summed E-state index contributed by atoms with van der Waals surface area (Å²) < 4.78 is 31.6. The molecule has 5 rings (SSSR count). The van der Waals surface area contributed by atoms with E-state index < -0.39 is 5.82 Å². The Morgan fingerprint density at radius 3 is 2.84 bits per heavy atom. The van der Waals surface area contributed by atoms with E-state index in [1.165, 1.54) is 25.0 Å². The molecule has 10 heteroatoms. The monoisotopic (exact) mass is 503 g/mol. The van der Waals surface area contributed by atoms with Gasteiger partial charge >= 0.3 is 0 Å². The Kier molecular flexibility index (Phi) is 7.27. The minimum Gasteiger partial charge on any atom is -0.488 e. The van der Waals surface area contributed by atoms with Crippen LogP contribution in [-0.2, 0) is 9.53 Å². The number of carbonyl (C=O) groups excluding carboxylic acids is 1. The molecule has 1 saturated carbocycles. The molecule has 2 aromatic heterocycles. The van der Waals surface area contributed by atoms with Crippen molar-refractivity contribution in [2.45, 2.75) is 12.8 Å². The normalized spacial score (nSPS) is 12.8. The molecule has 1 amide bonds. The van der Waals surface area contributed by atoms with E-state index in [1.54, 1.807) is 48.7 Å². The van der Waals surface area contributed by atoms with Crippen LogP contribution in [0.25, 0.3) is 11.0 Å². The van der Waals surface area contributed by atoms with Crippen LogP contribution in [0.1, 0.15) is 12.8 Å². The molecule has 2 heterocycles. The highest BCUT2D eigenvalue weighted by Crippen LogP contribution is 2.31. The van der Waals surface area contributed by atoms with E-state index in [1.807, 2.05) is 0 Å². The van der Waals surface area contributed by atoms with E-state index in [0.717, 1.165) is 6.61 Å². The zero-order valence-electron chi connectivity index (χ0n) is 20.0. The Balaban J connectivity index is 1.27. The van der Waals surface area contributed by atoms with Gasteiger partial charge in [-0.3, -0.25) is 4.79 Å². The molecule has 2 aromatic carbocycles. The Hall–Kier alpha value is -4.44. The van der Waals surface area contributed by atoms with Crippen molar-refractivity contribution in [2.24, 2.45) is 5.92 Å². The molecule has 0 unspecified atom stereocenters. The number of nitrogens with zero attached hydrogens (tertiary/aromatic N) is 2. The average molecular weight is 504 g/mol. The third-order valence-electron chi connectivity index (χ3n) is 5.61. The van der Waals surface area contributed by atoms with Gasteiger partial charge in [0.15, 0.2) is 11.6 Å². The summed E-state index contributed by atoms with van der Waals surface area (Å²) in [4.78, 5) is 23.6. The van der Waals surface area contributed by atoms with Crippen molar-refractivity contribution >= 4 is 34.3 Å². The van der Waals surface area contributed by atoms with Gasteiger partial charge in [-0.1, -0.05) is 12.6 Å². The first-order chi connectivity index (χ1) is 18.1. The third-order valence-corrected chi connectivity index (χ3v) is 5.61. The number of benzene rings is 2. The Bertz CT molecular complexity index is 1420. The van der Waals surface area contributed by atoms with Crippen LogP contribution in [0.2, 0.25) is 0 Å². The van der Waals surface area contributed by atoms with E-state index in [2.05, 4.69) is 32.2 Å². The highest BCUT2D eigenvalue weighted by atomic mass is 19.1. The smallest absolute Gasteiger partial charge is 0.247 e. The van der Waals surface area contributed by atoms with Gasteiger partial charge in [-0.2, -0.15) is 9.97 Å². The van der Waals surface area contributed by atoms with Crippen molar-refractivity contribution in [2.75, 3.05) is 30.5 Å². The zero-order chi connectivity index (χ0) is 25.6. The first-order valence-corrected chi connectivity index (χ1v) is 11.9. The second-order valence-corrected chi connectivity index (χ2v) is 8.55. The lowest BCUT2D eigenvalue weighted by molar-refractivity contribution is -0.111. The van der Waals surface area contributed by atoms with Gasteiger partial charge in [0.05, 0.1) is 12.0 Å². The number of ether oxygens (including phenoxy) is 3. The number of nitrogens with one attached hydrogen (secondary N) is 3. The molecule has 0 saturated heterocycles. The van der Waals surface area contributed by atoms with Crippen molar-refractivity contribution in [3.8, 4) is 17.4 Å². The number of H-pyrrole nitrogens is 1. The molecule has 0 aliphatic heterocycles. The molecule has 3 N–H and O–H groups in total. The molecule has 1 aliphatic rings. The van der Waals surface area contributed by atoms with Crippen LogP contribution in [0, 0.1) is 11.7 Å². The number of carbonyl (C=O) groups is 1. The van der Waals surface area contributed by atoms with Gasteiger partial charge in [0.25, 0.3) is 0 Å². The maximum atomic E-state index is 14.6. The van der Waals surface area contributed by atoms with Crippen LogP contribution in [0.5, 0.6) is 17.4 Å². The summed E-state index contributed by atoms with van der Waals surface area (Å²) >= 11 is 0. The molecule has 1 aliphatic carbocycles. The van der Waals surface area contributed by atoms with Gasteiger partial charge in [0.1, 0.15) is 18.0 Å².